The van der Waals surface area contributed by atoms with E-state index in [1.165, 1.54) is 11.0 Å². The van der Waals surface area contributed by atoms with Gasteiger partial charge in [0.05, 0.1) is 24.3 Å². The molecule has 1 saturated heterocycles. The molecule has 1 aromatic heterocycles. The highest BCUT2D eigenvalue weighted by Gasteiger charge is 2.39. The number of ether oxygens (including phenoxy) is 2. The van der Waals surface area contributed by atoms with Gasteiger partial charge in [0, 0.05) is 25.2 Å². The van der Waals surface area contributed by atoms with E-state index in [-0.39, 0.29) is 43.3 Å². The van der Waals surface area contributed by atoms with Crippen LogP contribution in [0.25, 0.3) is 11.3 Å². The van der Waals surface area contributed by atoms with Crippen molar-refractivity contribution in [3.05, 3.63) is 41.9 Å². The molecule has 9 nitrogen and oxygen atoms in total. The lowest BCUT2D eigenvalue weighted by Crippen LogP contribution is -2.55. The summed E-state index contributed by atoms with van der Waals surface area (Å²) in [4.78, 5) is 43.0. The third kappa shape index (κ3) is 6.09. The van der Waals surface area contributed by atoms with Crippen molar-refractivity contribution < 1.29 is 37.1 Å². The van der Waals surface area contributed by atoms with Crippen LogP contribution >= 0.6 is 0 Å². The van der Waals surface area contributed by atoms with Gasteiger partial charge in [-0.15, -0.1) is 0 Å². The van der Waals surface area contributed by atoms with Crippen LogP contribution in [-0.4, -0.2) is 59.2 Å². The summed E-state index contributed by atoms with van der Waals surface area (Å²) in [5, 5.41) is 2.69. The van der Waals surface area contributed by atoms with Crippen molar-refractivity contribution in [1.82, 2.24) is 15.2 Å². The maximum absolute atomic E-state index is 14.0. The fourth-order valence-corrected chi connectivity index (χ4v) is 3.53. The van der Waals surface area contributed by atoms with Crippen molar-refractivity contribution in [1.29, 1.82) is 0 Å². The summed E-state index contributed by atoms with van der Waals surface area (Å²) >= 11 is 0. The van der Waals surface area contributed by atoms with Gasteiger partial charge in [-0.1, -0.05) is 0 Å². The SMILES string of the molecule is CCOC(=O)[C@@H]1CN(C(=O)OC(C)(C)C)CC[C@@H]1NC(=O)c1ncc(-c2ccc(F)cc2F)o1. The minimum atomic E-state index is -0.861. The summed E-state index contributed by atoms with van der Waals surface area (Å²) in [5.41, 5.74) is -0.753. The third-order valence-electron chi connectivity index (χ3n) is 5.07. The van der Waals surface area contributed by atoms with E-state index in [4.69, 9.17) is 13.9 Å². The topological polar surface area (TPSA) is 111 Å². The smallest absolute Gasteiger partial charge is 0.410 e. The molecule has 0 unspecified atom stereocenters. The minimum Gasteiger partial charge on any atom is -0.466 e. The van der Waals surface area contributed by atoms with E-state index in [1.54, 1.807) is 27.7 Å². The average Bonchev–Trinajstić information content (AvgIpc) is 3.23. The van der Waals surface area contributed by atoms with E-state index in [0.29, 0.717) is 6.07 Å². The number of hydrogen-bond donors (Lipinski definition) is 1. The lowest BCUT2D eigenvalue weighted by molar-refractivity contribution is -0.150. The first-order valence-electron chi connectivity index (χ1n) is 10.8. The Balaban J connectivity index is 1.73. The van der Waals surface area contributed by atoms with E-state index >= 15 is 0 Å². The first-order valence-corrected chi connectivity index (χ1v) is 10.8. The lowest BCUT2D eigenvalue weighted by atomic mass is 9.92. The van der Waals surface area contributed by atoms with Crippen LogP contribution in [-0.2, 0) is 14.3 Å². The summed E-state index contributed by atoms with van der Waals surface area (Å²) < 4.78 is 43.0. The number of carbonyl (C=O) groups is 3. The predicted octanol–water partition coefficient (Wildman–Crippen LogP) is 3.54. The van der Waals surface area contributed by atoms with Gasteiger partial charge >= 0.3 is 18.0 Å². The van der Waals surface area contributed by atoms with Crippen molar-refractivity contribution in [2.45, 2.75) is 45.8 Å². The summed E-state index contributed by atoms with van der Waals surface area (Å²) in [6.07, 6.45) is 0.846. The zero-order valence-corrected chi connectivity index (χ0v) is 19.4. The molecule has 0 saturated carbocycles. The van der Waals surface area contributed by atoms with Gasteiger partial charge in [0.25, 0.3) is 5.89 Å². The number of halogens is 2. The summed E-state index contributed by atoms with van der Waals surface area (Å²) in [5.74, 6) is -4.14. The normalized spacial score (nSPS) is 18.4. The average molecular weight is 479 g/mol. The summed E-state index contributed by atoms with van der Waals surface area (Å²) in [7, 11) is 0. The molecule has 34 heavy (non-hydrogen) atoms. The molecule has 3 rings (SSSR count). The Kier molecular flexibility index (Phi) is 7.53. The maximum Gasteiger partial charge on any atom is 0.410 e. The van der Waals surface area contributed by atoms with E-state index < -0.39 is 47.2 Å². The Hall–Kier alpha value is -3.50. The number of carbonyl (C=O) groups excluding carboxylic acids is 3. The molecular formula is C23H27F2N3O6. The highest BCUT2D eigenvalue weighted by molar-refractivity contribution is 5.91. The van der Waals surface area contributed by atoms with Gasteiger partial charge in [-0.2, -0.15) is 0 Å². The molecule has 0 radical (unpaired) electrons. The van der Waals surface area contributed by atoms with E-state index in [0.717, 1.165) is 12.3 Å². The third-order valence-corrected chi connectivity index (χ3v) is 5.07. The zero-order chi connectivity index (χ0) is 25.0. The van der Waals surface area contributed by atoms with Crippen LogP contribution < -0.4 is 5.32 Å². The first kappa shape index (κ1) is 25.1. The molecule has 1 aliphatic heterocycles. The van der Waals surface area contributed by atoms with Crippen LogP contribution in [0.3, 0.4) is 0 Å². The predicted molar refractivity (Wildman–Crippen MR) is 116 cm³/mol. The molecule has 184 valence electrons. The number of aromatic nitrogens is 1. The van der Waals surface area contributed by atoms with E-state index in [2.05, 4.69) is 10.3 Å². The Labute approximate surface area is 195 Å². The quantitative estimate of drug-likeness (QED) is 0.653. The van der Waals surface area contributed by atoms with Gasteiger partial charge < -0.3 is 24.1 Å². The Morgan fingerprint density at radius 2 is 2.00 bits per heavy atom. The van der Waals surface area contributed by atoms with Gasteiger partial charge in [0.1, 0.15) is 17.2 Å². The first-order chi connectivity index (χ1) is 16.0. The van der Waals surface area contributed by atoms with Crippen LogP contribution in [0, 0.1) is 17.6 Å². The molecule has 1 N–H and O–H groups in total. The number of nitrogens with zero attached hydrogens (tertiary/aromatic N) is 2. The molecule has 1 aromatic carbocycles. The molecule has 2 atom stereocenters. The zero-order valence-electron chi connectivity index (χ0n) is 19.4. The standard InChI is InChI=1S/C23H27F2N3O6/c1-5-32-21(30)15-12-28(22(31)34-23(2,3)4)9-8-17(15)27-19(29)20-26-11-18(33-20)14-7-6-13(24)10-16(14)25/h6-7,10-11,15,17H,5,8-9,12H2,1-4H3,(H,27,29)/t15-,17+/m1/s1. The summed E-state index contributed by atoms with van der Waals surface area (Å²) in [6, 6.07) is 2.27. The number of nitrogens with one attached hydrogen (secondary N) is 1. The number of rotatable bonds is 5. The summed E-state index contributed by atoms with van der Waals surface area (Å²) in [6.45, 7) is 7.25. The van der Waals surface area contributed by atoms with Crippen molar-refractivity contribution >= 4 is 18.0 Å². The van der Waals surface area contributed by atoms with E-state index in [9.17, 15) is 23.2 Å². The second kappa shape index (κ2) is 10.2. The number of likely N-dealkylation sites (tertiary alicyclic amines) is 1. The highest BCUT2D eigenvalue weighted by Crippen LogP contribution is 2.25. The van der Waals surface area contributed by atoms with Crippen molar-refractivity contribution in [3.63, 3.8) is 0 Å². The van der Waals surface area contributed by atoms with Crippen LogP contribution in [0.15, 0.2) is 28.8 Å². The highest BCUT2D eigenvalue weighted by atomic mass is 19.1. The molecule has 2 heterocycles. The van der Waals surface area contributed by atoms with Gasteiger partial charge in [-0.3, -0.25) is 9.59 Å². The van der Waals surface area contributed by atoms with Gasteiger partial charge in [0.15, 0.2) is 5.76 Å². The Bertz CT molecular complexity index is 1070. The molecular weight excluding hydrogens is 452 g/mol. The number of esters is 1. The second-order valence-corrected chi connectivity index (χ2v) is 8.81. The molecule has 0 aliphatic carbocycles. The number of piperidine rings is 1. The van der Waals surface area contributed by atoms with E-state index in [1.807, 2.05) is 0 Å². The largest absolute Gasteiger partial charge is 0.466 e. The van der Waals surface area contributed by atoms with Crippen LogP contribution in [0.4, 0.5) is 13.6 Å². The fraction of sp³-hybridized carbons (Fsp3) is 0.478. The lowest BCUT2D eigenvalue weighted by Gasteiger charge is -2.37. The van der Waals surface area contributed by atoms with Gasteiger partial charge in [-0.25, -0.2) is 18.6 Å². The van der Waals surface area contributed by atoms with Crippen LogP contribution in [0.5, 0.6) is 0 Å². The number of oxazole rings is 1. The Morgan fingerprint density at radius 3 is 2.65 bits per heavy atom. The number of hydrogen-bond acceptors (Lipinski definition) is 7. The molecule has 2 amide bonds. The monoisotopic (exact) mass is 479 g/mol. The van der Waals surface area contributed by atoms with Gasteiger partial charge in [0.2, 0.25) is 0 Å². The molecule has 11 heteroatoms. The maximum atomic E-state index is 14.0. The molecule has 0 bridgehead atoms. The van der Waals surface area contributed by atoms with Crippen molar-refractivity contribution in [2.75, 3.05) is 19.7 Å². The second-order valence-electron chi connectivity index (χ2n) is 8.81. The molecule has 1 aliphatic rings. The van der Waals surface area contributed by atoms with Crippen molar-refractivity contribution in [2.24, 2.45) is 5.92 Å². The molecule has 1 fully saturated rings. The van der Waals surface area contributed by atoms with Crippen LogP contribution in [0.1, 0.15) is 44.8 Å². The fourth-order valence-electron chi connectivity index (χ4n) is 3.53. The Morgan fingerprint density at radius 1 is 1.26 bits per heavy atom. The minimum absolute atomic E-state index is 0.00365. The molecule has 2 aromatic rings. The molecule has 0 spiro atoms. The number of amides is 2. The van der Waals surface area contributed by atoms with Crippen molar-refractivity contribution in [3.8, 4) is 11.3 Å². The van der Waals surface area contributed by atoms with Crippen LogP contribution in [0.2, 0.25) is 0 Å². The van der Waals surface area contributed by atoms with Gasteiger partial charge in [-0.05, 0) is 46.2 Å². The number of benzene rings is 1.